The highest BCUT2D eigenvalue weighted by molar-refractivity contribution is 5.95. The maximum absolute atomic E-state index is 14.4. The number of nitrogens with one attached hydrogen (secondary N) is 1. The van der Waals surface area contributed by atoms with Crippen LogP contribution in [0.5, 0.6) is 0 Å². The Bertz CT molecular complexity index is 1070. The average molecular weight is 556 g/mol. The monoisotopic (exact) mass is 555 g/mol. The smallest absolute Gasteiger partial charge is 0.225 e. The van der Waals surface area contributed by atoms with Gasteiger partial charge in [0.15, 0.2) is 5.78 Å². The number of rotatable bonds is 6. The van der Waals surface area contributed by atoms with Gasteiger partial charge in [-0.1, -0.05) is 54.0 Å². The zero-order chi connectivity index (χ0) is 29.4. The molecule has 40 heavy (non-hydrogen) atoms. The number of allylic oxidation sites excluding steroid dienone is 2. The normalized spacial score (nSPS) is 47.7. The summed E-state index contributed by atoms with van der Waals surface area (Å²) in [5.74, 6) is 1.06. The topological polar surface area (TPSA) is 86.6 Å². The molecule has 0 aromatic carbocycles. The number of aliphatic hydroxyl groups is 2. The Hall–Kier alpha value is -1.20. The molecule has 0 spiro atoms. The van der Waals surface area contributed by atoms with Crippen LogP contribution in [0, 0.1) is 50.2 Å². The summed E-state index contributed by atoms with van der Waals surface area (Å²) in [4.78, 5) is 28.0. The number of ketones is 1. The lowest BCUT2D eigenvalue weighted by atomic mass is 9.33. The van der Waals surface area contributed by atoms with Crippen molar-refractivity contribution in [1.82, 2.24) is 5.32 Å². The molecule has 3 N–H and O–H groups in total. The van der Waals surface area contributed by atoms with Crippen LogP contribution in [0.15, 0.2) is 11.6 Å². The molecule has 5 aliphatic rings. The van der Waals surface area contributed by atoms with Crippen LogP contribution < -0.4 is 5.32 Å². The van der Waals surface area contributed by atoms with Crippen LogP contribution in [0.4, 0.5) is 0 Å². The van der Waals surface area contributed by atoms with Crippen molar-refractivity contribution in [2.24, 2.45) is 50.2 Å². The molecule has 5 rings (SSSR count). The molecular formula is C35H57NO4. The predicted octanol–water partition coefficient (Wildman–Crippen LogP) is 6.61. The van der Waals surface area contributed by atoms with Crippen molar-refractivity contribution >= 4 is 11.7 Å². The highest BCUT2D eigenvalue weighted by Crippen LogP contribution is 2.75. The summed E-state index contributed by atoms with van der Waals surface area (Å²) in [7, 11) is 0. The van der Waals surface area contributed by atoms with Crippen LogP contribution in [0.1, 0.15) is 126 Å². The molecule has 5 heteroatoms. The second-order valence-corrected chi connectivity index (χ2v) is 16.7. The number of fused-ring (bicyclic) bond motifs is 7. The van der Waals surface area contributed by atoms with Gasteiger partial charge in [0, 0.05) is 24.5 Å². The Balaban J connectivity index is 1.47. The summed E-state index contributed by atoms with van der Waals surface area (Å²) in [5.41, 5.74) is 0.618. The van der Waals surface area contributed by atoms with Gasteiger partial charge in [0.1, 0.15) is 0 Å². The van der Waals surface area contributed by atoms with Crippen molar-refractivity contribution in [2.45, 2.75) is 132 Å². The Kier molecular flexibility index (Phi) is 7.51. The van der Waals surface area contributed by atoms with E-state index < -0.39 is 5.41 Å². The van der Waals surface area contributed by atoms with Crippen LogP contribution in [0.3, 0.4) is 0 Å². The molecular weight excluding hydrogens is 498 g/mol. The molecule has 5 aliphatic carbocycles. The second-order valence-electron chi connectivity index (χ2n) is 16.7. The zero-order valence-electron chi connectivity index (χ0n) is 26.5. The number of carbonyl (C=O) groups excluding carboxylic acids is 2. The number of unbranched alkanes of at least 4 members (excludes halogenated alkanes) is 2. The first-order chi connectivity index (χ1) is 18.6. The zero-order valence-corrected chi connectivity index (χ0v) is 26.5. The number of carbonyl (C=O) groups is 2. The molecule has 226 valence electrons. The number of aliphatic hydroxyl groups excluding tert-OH is 2. The summed E-state index contributed by atoms with van der Waals surface area (Å²) in [6.07, 6.45) is 13.2. The fraction of sp³-hybridized carbons (Fsp3) is 0.886. The summed E-state index contributed by atoms with van der Waals surface area (Å²) in [6, 6.07) is 0. The van der Waals surface area contributed by atoms with E-state index >= 15 is 0 Å². The molecule has 0 aromatic heterocycles. The van der Waals surface area contributed by atoms with Crippen molar-refractivity contribution in [1.29, 1.82) is 0 Å². The van der Waals surface area contributed by atoms with E-state index in [0.29, 0.717) is 18.2 Å². The largest absolute Gasteiger partial charge is 0.396 e. The maximum atomic E-state index is 14.4. The molecule has 0 saturated heterocycles. The minimum Gasteiger partial charge on any atom is -0.396 e. The summed E-state index contributed by atoms with van der Waals surface area (Å²) in [5, 5.41) is 23.2. The number of amides is 1. The summed E-state index contributed by atoms with van der Waals surface area (Å²) < 4.78 is 0. The second kappa shape index (κ2) is 9.93. The van der Waals surface area contributed by atoms with Gasteiger partial charge in [0.05, 0.1) is 6.10 Å². The molecule has 0 aromatic rings. The van der Waals surface area contributed by atoms with Gasteiger partial charge in [-0.2, -0.15) is 0 Å². The van der Waals surface area contributed by atoms with Gasteiger partial charge < -0.3 is 15.5 Å². The van der Waals surface area contributed by atoms with Gasteiger partial charge in [-0.05, 0) is 122 Å². The first-order valence-electron chi connectivity index (χ1n) is 16.4. The van der Waals surface area contributed by atoms with E-state index in [4.69, 9.17) is 5.11 Å². The van der Waals surface area contributed by atoms with Crippen LogP contribution >= 0.6 is 0 Å². The third-order valence-electron chi connectivity index (χ3n) is 14.2. The Morgan fingerprint density at radius 1 is 0.925 bits per heavy atom. The molecule has 0 aliphatic heterocycles. The highest BCUT2D eigenvalue weighted by Gasteiger charge is 2.70. The quantitative estimate of drug-likeness (QED) is 0.322. The standard InChI is InChI=1S/C35H57NO4/c1-30(2)26-11-14-35(7)28(33(26,5)13-12-27(30)39)25(38)21-23-24-22-32(4,29(40)36-19-9-8-10-20-37)16-15-31(24,3)17-18-34(23,35)6/h21,24,26-28,37,39H,8-20,22H2,1-7H3,(H,36,40)/t24-,26?,27-,28+,31+,32-,33-,34+,35+/m0/s1. The van der Waals surface area contributed by atoms with Crippen molar-refractivity contribution in [3.05, 3.63) is 11.6 Å². The van der Waals surface area contributed by atoms with E-state index in [9.17, 15) is 14.7 Å². The lowest BCUT2D eigenvalue weighted by Gasteiger charge is -2.70. The fourth-order valence-electron chi connectivity index (χ4n) is 11.2. The lowest BCUT2D eigenvalue weighted by molar-refractivity contribution is -0.202. The summed E-state index contributed by atoms with van der Waals surface area (Å²) >= 11 is 0. The number of hydrogen-bond donors (Lipinski definition) is 3. The van der Waals surface area contributed by atoms with E-state index in [1.807, 2.05) is 0 Å². The van der Waals surface area contributed by atoms with Crippen LogP contribution in [0.25, 0.3) is 0 Å². The fourth-order valence-corrected chi connectivity index (χ4v) is 11.2. The Morgan fingerprint density at radius 3 is 2.33 bits per heavy atom. The molecule has 9 atom stereocenters. The van der Waals surface area contributed by atoms with Crippen molar-refractivity contribution < 1.29 is 19.8 Å². The van der Waals surface area contributed by atoms with Gasteiger partial charge in [-0.3, -0.25) is 9.59 Å². The molecule has 0 radical (unpaired) electrons. The van der Waals surface area contributed by atoms with Crippen LogP contribution in [0.2, 0.25) is 0 Å². The Morgan fingerprint density at radius 2 is 1.62 bits per heavy atom. The highest BCUT2D eigenvalue weighted by atomic mass is 16.3. The van der Waals surface area contributed by atoms with Crippen LogP contribution in [-0.4, -0.2) is 41.2 Å². The van der Waals surface area contributed by atoms with Crippen molar-refractivity contribution in [3.8, 4) is 0 Å². The maximum Gasteiger partial charge on any atom is 0.225 e. The molecule has 5 nitrogen and oxygen atoms in total. The predicted molar refractivity (Wildman–Crippen MR) is 159 cm³/mol. The van der Waals surface area contributed by atoms with E-state index in [2.05, 4.69) is 59.9 Å². The lowest BCUT2D eigenvalue weighted by Crippen LogP contribution is -2.66. The Labute approximate surface area is 243 Å². The first kappa shape index (κ1) is 30.3. The van der Waals surface area contributed by atoms with E-state index in [1.165, 1.54) is 5.57 Å². The molecule has 4 saturated carbocycles. The summed E-state index contributed by atoms with van der Waals surface area (Å²) in [6.45, 7) is 17.2. The molecule has 1 unspecified atom stereocenters. The van der Waals surface area contributed by atoms with E-state index in [0.717, 1.165) is 77.0 Å². The third kappa shape index (κ3) is 4.21. The van der Waals surface area contributed by atoms with Gasteiger partial charge in [-0.15, -0.1) is 0 Å². The minimum absolute atomic E-state index is 0.0131. The molecule has 0 bridgehead atoms. The average Bonchev–Trinajstić information content (AvgIpc) is 2.88. The van der Waals surface area contributed by atoms with Gasteiger partial charge in [-0.25, -0.2) is 0 Å². The third-order valence-corrected chi connectivity index (χ3v) is 14.2. The SMILES string of the molecule is CC1(C)C2CC[C@]3(C)[C@H](C(=O)C=C4[C@@H]5C[C@@](C)(C(=O)NCCCCCO)CC[C@]5(C)CC[C@]43C)[C@@]2(C)CC[C@@H]1O. The van der Waals surface area contributed by atoms with Gasteiger partial charge in [0.2, 0.25) is 5.91 Å². The van der Waals surface area contributed by atoms with Gasteiger partial charge >= 0.3 is 0 Å². The minimum atomic E-state index is -0.422. The molecule has 4 fully saturated rings. The van der Waals surface area contributed by atoms with Crippen LogP contribution in [-0.2, 0) is 9.59 Å². The van der Waals surface area contributed by atoms with E-state index in [1.54, 1.807) is 0 Å². The first-order valence-corrected chi connectivity index (χ1v) is 16.4. The van der Waals surface area contributed by atoms with E-state index in [-0.39, 0.29) is 57.5 Å². The number of hydrogen-bond acceptors (Lipinski definition) is 4. The molecule has 0 heterocycles. The van der Waals surface area contributed by atoms with Crippen molar-refractivity contribution in [3.63, 3.8) is 0 Å². The van der Waals surface area contributed by atoms with Crippen molar-refractivity contribution in [2.75, 3.05) is 13.2 Å². The molecule has 1 amide bonds. The van der Waals surface area contributed by atoms with Gasteiger partial charge in [0.25, 0.3) is 0 Å².